The predicted octanol–water partition coefficient (Wildman–Crippen LogP) is 4.31. The van der Waals surface area contributed by atoms with Crippen LogP contribution in [0.5, 0.6) is 0 Å². The first kappa shape index (κ1) is 12.0. The van der Waals surface area contributed by atoms with Gasteiger partial charge in [0, 0.05) is 29.4 Å². The monoisotopic (exact) mass is 282 g/mol. The number of hydrogen-bond acceptors (Lipinski definition) is 3. The molecule has 2 aromatic heterocycles. The Hall–Kier alpha value is -1.06. The Morgan fingerprint density at radius 2 is 2.17 bits per heavy atom. The van der Waals surface area contributed by atoms with Gasteiger partial charge in [0.1, 0.15) is 11.5 Å². The summed E-state index contributed by atoms with van der Waals surface area (Å²) < 4.78 is 5.46. The summed E-state index contributed by atoms with van der Waals surface area (Å²) in [6.45, 7) is 1.96. The summed E-state index contributed by atoms with van der Waals surface area (Å²) in [6, 6.07) is 0. The molecule has 0 N–H and O–H groups in total. The molecule has 0 bridgehead atoms. The molecule has 2 aromatic rings. The van der Waals surface area contributed by atoms with Gasteiger partial charge < -0.3 is 4.52 Å². The molecule has 0 radical (unpaired) electrons. The molecule has 1 saturated carbocycles. The largest absolute Gasteiger partial charge is 0.360 e. The first-order valence-corrected chi connectivity index (χ1v) is 6.78. The van der Waals surface area contributed by atoms with E-state index in [1.54, 1.807) is 12.4 Å². The summed E-state index contributed by atoms with van der Waals surface area (Å²) >= 11 is 12.3. The highest BCUT2D eigenvalue weighted by molar-refractivity contribution is 6.33. The second-order valence-electron chi connectivity index (χ2n) is 4.60. The standard InChI is InChI=1S/C13H12Cl2N2O/c1-7-5-16-6-10(15)11(7)12-9(4-14)13(18-17-12)8-2-3-8/h5-6,8H,2-4H2,1H3. The van der Waals surface area contributed by atoms with E-state index >= 15 is 0 Å². The van der Waals surface area contributed by atoms with Crippen molar-refractivity contribution in [3.63, 3.8) is 0 Å². The number of halogens is 2. The van der Waals surface area contributed by atoms with Gasteiger partial charge in [-0.05, 0) is 25.3 Å². The van der Waals surface area contributed by atoms with E-state index in [1.165, 1.54) is 0 Å². The number of rotatable bonds is 3. The van der Waals surface area contributed by atoms with Gasteiger partial charge in [-0.25, -0.2) is 0 Å². The number of hydrogen-bond donors (Lipinski definition) is 0. The highest BCUT2D eigenvalue weighted by Crippen LogP contribution is 2.45. The van der Waals surface area contributed by atoms with Gasteiger partial charge in [0.15, 0.2) is 0 Å². The van der Waals surface area contributed by atoms with Gasteiger partial charge in [-0.2, -0.15) is 0 Å². The number of alkyl halides is 1. The van der Waals surface area contributed by atoms with E-state index in [0.29, 0.717) is 16.8 Å². The minimum Gasteiger partial charge on any atom is -0.360 e. The lowest BCUT2D eigenvalue weighted by Gasteiger charge is -2.05. The lowest BCUT2D eigenvalue weighted by Crippen LogP contribution is -1.92. The highest BCUT2D eigenvalue weighted by Gasteiger charge is 2.32. The van der Waals surface area contributed by atoms with E-state index in [9.17, 15) is 0 Å². The third-order valence-corrected chi connectivity index (χ3v) is 3.78. The maximum absolute atomic E-state index is 6.21. The van der Waals surface area contributed by atoms with Crippen LogP contribution in [0.15, 0.2) is 16.9 Å². The van der Waals surface area contributed by atoms with Crippen LogP contribution >= 0.6 is 23.2 Å². The van der Waals surface area contributed by atoms with Crippen molar-refractivity contribution < 1.29 is 4.52 Å². The number of nitrogens with zero attached hydrogens (tertiary/aromatic N) is 2. The van der Waals surface area contributed by atoms with Crippen LogP contribution in [0.1, 0.15) is 35.6 Å². The second kappa shape index (κ2) is 4.56. The fourth-order valence-electron chi connectivity index (χ4n) is 2.15. The first-order chi connectivity index (χ1) is 8.72. The van der Waals surface area contributed by atoms with Gasteiger partial charge in [0.2, 0.25) is 0 Å². The molecular weight excluding hydrogens is 271 g/mol. The van der Waals surface area contributed by atoms with E-state index < -0.39 is 0 Å². The molecule has 0 unspecified atom stereocenters. The number of aromatic nitrogens is 2. The van der Waals surface area contributed by atoms with Crippen molar-refractivity contribution in [1.82, 2.24) is 10.1 Å². The van der Waals surface area contributed by atoms with Gasteiger partial charge in [0.05, 0.1) is 10.9 Å². The Morgan fingerprint density at radius 3 is 2.78 bits per heavy atom. The molecule has 0 saturated heterocycles. The van der Waals surface area contributed by atoms with Crippen LogP contribution < -0.4 is 0 Å². The van der Waals surface area contributed by atoms with Crippen LogP contribution in [0.2, 0.25) is 5.02 Å². The fraction of sp³-hybridized carbons (Fsp3) is 0.385. The van der Waals surface area contributed by atoms with E-state index in [0.717, 1.165) is 41.0 Å². The smallest absolute Gasteiger partial charge is 0.144 e. The topological polar surface area (TPSA) is 38.9 Å². The molecule has 0 aromatic carbocycles. The second-order valence-corrected chi connectivity index (χ2v) is 5.27. The molecule has 94 valence electrons. The Labute approximate surface area is 115 Å². The first-order valence-electron chi connectivity index (χ1n) is 5.87. The normalized spacial score (nSPS) is 15.1. The fourth-order valence-corrected chi connectivity index (χ4v) is 2.70. The van der Waals surface area contributed by atoms with Crippen molar-refractivity contribution >= 4 is 23.2 Å². The van der Waals surface area contributed by atoms with Crippen LogP contribution in [0, 0.1) is 6.92 Å². The summed E-state index contributed by atoms with van der Waals surface area (Å²) in [7, 11) is 0. The van der Waals surface area contributed by atoms with Gasteiger partial charge in [0.25, 0.3) is 0 Å². The predicted molar refractivity (Wildman–Crippen MR) is 71.0 cm³/mol. The van der Waals surface area contributed by atoms with Crippen LogP contribution in [-0.4, -0.2) is 10.1 Å². The van der Waals surface area contributed by atoms with Gasteiger partial charge in [-0.1, -0.05) is 16.8 Å². The highest BCUT2D eigenvalue weighted by atomic mass is 35.5. The van der Waals surface area contributed by atoms with Crippen LogP contribution in [0.4, 0.5) is 0 Å². The molecule has 1 aliphatic carbocycles. The molecule has 5 heteroatoms. The van der Waals surface area contributed by atoms with Gasteiger partial charge >= 0.3 is 0 Å². The molecule has 0 spiro atoms. The molecule has 3 nitrogen and oxygen atoms in total. The summed E-state index contributed by atoms with van der Waals surface area (Å²) in [6.07, 6.45) is 5.70. The van der Waals surface area contributed by atoms with E-state index in [2.05, 4.69) is 10.1 Å². The molecular formula is C13H12Cl2N2O. The lowest BCUT2D eigenvalue weighted by molar-refractivity contribution is 0.385. The molecule has 18 heavy (non-hydrogen) atoms. The molecule has 1 aliphatic rings. The molecule has 1 fully saturated rings. The van der Waals surface area contributed by atoms with Crippen molar-refractivity contribution in [2.75, 3.05) is 0 Å². The molecule has 2 heterocycles. The third-order valence-electron chi connectivity index (χ3n) is 3.23. The summed E-state index contributed by atoms with van der Waals surface area (Å²) in [5.41, 5.74) is 3.58. The SMILES string of the molecule is Cc1cncc(Cl)c1-c1noc(C2CC2)c1CCl. The van der Waals surface area contributed by atoms with Crippen molar-refractivity contribution in [3.05, 3.63) is 34.3 Å². The van der Waals surface area contributed by atoms with Crippen molar-refractivity contribution in [2.24, 2.45) is 0 Å². The maximum Gasteiger partial charge on any atom is 0.144 e. The maximum atomic E-state index is 6.21. The number of aryl methyl sites for hydroxylation is 1. The van der Waals surface area contributed by atoms with E-state index in [-0.39, 0.29) is 0 Å². The average Bonchev–Trinajstić information content (AvgIpc) is 3.10. The molecule has 3 rings (SSSR count). The van der Waals surface area contributed by atoms with E-state index in [1.807, 2.05) is 6.92 Å². The Morgan fingerprint density at radius 1 is 1.39 bits per heavy atom. The zero-order chi connectivity index (χ0) is 12.7. The zero-order valence-corrected chi connectivity index (χ0v) is 11.4. The summed E-state index contributed by atoms with van der Waals surface area (Å²) in [4.78, 5) is 4.06. The van der Waals surface area contributed by atoms with Crippen molar-refractivity contribution in [3.8, 4) is 11.3 Å². The van der Waals surface area contributed by atoms with Crippen LogP contribution in [0.3, 0.4) is 0 Å². The number of pyridine rings is 1. The Balaban J connectivity index is 2.16. The molecule has 0 atom stereocenters. The minimum absolute atomic E-state index is 0.392. The lowest BCUT2D eigenvalue weighted by atomic mass is 10.0. The van der Waals surface area contributed by atoms with Crippen molar-refractivity contribution in [1.29, 1.82) is 0 Å². The Bertz CT molecular complexity index is 570. The molecule has 0 aliphatic heterocycles. The van der Waals surface area contributed by atoms with Crippen molar-refractivity contribution in [2.45, 2.75) is 31.6 Å². The van der Waals surface area contributed by atoms with Crippen LogP contribution in [0.25, 0.3) is 11.3 Å². The Kier molecular flexibility index (Phi) is 3.04. The zero-order valence-electron chi connectivity index (χ0n) is 9.91. The third kappa shape index (κ3) is 1.91. The quantitative estimate of drug-likeness (QED) is 0.788. The van der Waals surface area contributed by atoms with Gasteiger partial charge in [-0.15, -0.1) is 11.6 Å². The average molecular weight is 283 g/mol. The molecule has 0 amide bonds. The van der Waals surface area contributed by atoms with E-state index in [4.69, 9.17) is 27.7 Å². The summed E-state index contributed by atoms with van der Waals surface area (Å²) in [5, 5.41) is 4.75. The minimum atomic E-state index is 0.392. The summed E-state index contributed by atoms with van der Waals surface area (Å²) in [5.74, 6) is 1.80. The van der Waals surface area contributed by atoms with Gasteiger partial charge in [-0.3, -0.25) is 4.98 Å². The van der Waals surface area contributed by atoms with Crippen LogP contribution in [-0.2, 0) is 5.88 Å².